The van der Waals surface area contributed by atoms with E-state index >= 15 is 0 Å². The number of nitrogens with one attached hydrogen (secondary N) is 2. The Hall–Kier alpha value is -2.12. The molecule has 0 bridgehead atoms. The summed E-state index contributed by atoms with van der Waals surface area (Å²) in [4.78, 5) is 14.8. The van der Waals surface area contributed by atoms with Crippen LogP contribution in [0, 0.1) is 5.92 Å². The van der Waals surface area contributed by atoms with Crippen molar-refractivity contribution in [2.24, 2.45) is 5.92 Å². The van der Waals surface area contributed by atoms with Crippen molar-refractivity contribution < 1.29 is 0 Å². The quantitative estimate of drug-likeness (QED) is 0.403. The number of nitrogens with zero attached hydrogens (tertiary/aromatic N) is 4. The van der Waals surface area contributed by atoms with E-state index < -0.39 is 0 Å². The number of halogens is 1. The Kier molecular flexibility index (Phi) is 8.71. The van der Waals surface area contributed by atoms with Crippen molar-refractivity contribution in [2.75, 3.05) is 47.8 Å². The summed E-state index contributed by atoms with van der Waals surface area (Å²) in [5, 5.41) is 8.24. The average Bonchev–Trinajstić information content (AvgIpc) is 3.22. The van der Waals surface area contributed by atoms with Gasteiger partial charge in [0.1, 0.15) is 11.6 Å². The van der Waals surface area contributed by atoms with Crippen LogP contribution in [0.4, 0.5) is 17.6 Å². The molecule has 1 atom stereocenters. The van der Waals surface area contributed by atoms with Crippen molar-refractivity contribution in [1.82, 2.24) is 15.3 Å². The molecule has 1 saturated carbocycles. The van der Waals surface area contributed by atoms with Gasteiger partial charge in [-0.3, -0.25) is 0 Å². The Balaban J connectivity index is 1.33. The summed E-state index contributed by atoms with van der Waals surface area (Å²) < 4.78 is 0. The number of benzene rings is 1. The molecule has 1 aromatic heterocycles. The van der Waals surface area contributed by atoms with Crippen LogP contribution in [-0.4, -0.2) is 47.8 Å². The first kappa shape index (κ1) is 26.5. The molecule has 1 aliphatic carbocycles. The van der Waals surface area contributed by atoms with Crippen LogP contribution in [0.5, 0.6) is 0 Å². The van der Waals surface area contributed by atoms with E-state index in [0.717, 1.165) is 62.2 Å². The standard InChI is InChI=1S/C29H41ClN6S/c1-22-10-9-17-36(20-22)26-19-25(35-15-6-2-3-7-16-35)32-27(33-26)34-28(37)31-21-29(13-4-5-14-29)23-11-8-12-24(30)18-23/h8,11-12,18-19,22H,2-7,9-10,13-17,20-21H2,1H3,(H2,31,32,33,34,37)/t22-/m0/s1. The van der Waals surface area contributed by atoms with E-state index in [9.17, 15) is 0 Å². The minimum absolute atomic E-state index is 0.0560. The summed E-state index contributed by atoms with van der Waals surface area (Å²) in [5.74, 6) is 3.30. The monoisotopic (exact) mass is 540 g/mol. The Morgan fingerprint density at radius 3 is 2.38 bits per heavy atom. The van der Waals surface area contributed by atoms with Crippen LogP contribution in [0.25, 0.3) is 0 Å². The molecule has 2 N–H and O–H groups in total. The Morgan fingerprint density at radius 2 is 1.68 bits per heavy atom. The van der Waals surface area contributed by atoms with Crippen LogP contribution in [0.2, 0.25) is 5.02 Å². The zero-order valence-corrected chi connectivity index (χ0v) is 23.7. The summed E-state index contributed by atoms with van der Waals surface area (Å²) in [7, 11) is 0. The average molecular weight is 541 g/mol. The summed E-state index contributed by atoms with van der Waals surface area (Å²) in [6, 6.07) is 10.5. The van der Waals surface area contributed by atoms with Crippen LogP contribution in [-0.2, 0) is 5.41 Å². The number of hydrogen-bond acceptors (Lipinski definition) is 5. The van der Waals surface area contributed by atoms with E-state index in [0.29, 0.717) is 17.0 Å². The minimum Gasteiger partial charge on any atom is -0.361 e. The third-order valence-corrected chi connectivity index (χ3v) is 8.90. The van der Waals surface area contributed by atoms with Gasteiger partial charge in [0.05, 0.1) is 0 Å². The molecule has 3 fully saturated rings. The van der Waals surface area contributed by atoms with Crippen LogP contribution in [0.15, 0.2) is 30.3 Å². The zero-order valence-electron chi connectivity index (χ0n) is 22.1. The summed E-state index contributed by atoms with van der Waals surface area (Å²) in [5.41, 5.74) is 1.36. The molecule has 0 spiro atoms. The predicted octanol–water partition coefficient (Wildman–Crippen LogP) is 6.55. The van der Waals surface area contributed by atoms with E-state index in [2.05, 4.69) is 51.6 Å². The zero-order chi connectivity index (χ0) is 25.7. The maximum absolute atomic E-state index is 6.35. The summed E-state index contributed by atoms with van der Waals surface area (Å²) >= 11 is 12.1. The summed E-state index contributed by atoms with van der Waals surface area (Å²) in [6.45, 7) is 7.31. The molecule has 3 aliphatic rings. The molecule has 6 nitrogen and oxygen atoms in total. The van der Waals surface area contributed by atoms with Crippen molar-refractivity contribution in [2.45, 2.75) is 76.5 Å². The third kappa shape index (κ3) is 6.66. The maximum Gasteiger partial charge on any atom is 0.232 e. The molecule has 0 amide bonds. The number of anilines is 3. The van der Waals surface area contributed by atoms with Crippen LogP contribution in [0.1, 0.15) is 76.7 Å². The lowest BCUT2D eigenvalue weighted by Crippen LogP contribution is -2.41. The van der Waals surface area contributed by atoms with E-state index in [4.69, 9.17) is 33.8 Å². The maximum atomic E-state index is 6.35. The van der Waals surface area contributed by atoms with Gasteiger partial charge in [-0.1, -0.05) is 56.3 Å². The highest BCUT2D eigenvalue weighted by molar-refractivity contribution is 7.80. The van der Waals surface area contributed by atoms with Gasteiger partial charge in [-0.2, -0.15) is 9.97 Å². The molecule has 8 heteroatoms. The van der Waals surface area contributed by atoms with Gasteiger partial charge < -0.3 is 20.4 Å². The second-order valence-electron chi connectivity index (χ2n) is 11.3. The number of aromatic nitrogens is 2. The van der Waals surface area contributed by atoms with Crippen molar-refractivity contribution >= 4 is 46.5 Å². The molecular weight excluding hydrogens is 500 g/mol. The Morgan fingerprint density at radius 1 is 0.973 bits per heavy atom. The van der Waals surface area contributed by atoms with Gasteiger partial charge in [0.15, 0.2) is 5.11 Å². The van der Waals surface area contributed by atoms with Crippen molar-refractivity contribution in [1.29, 1.82) is 0 Å². The van der Waals surface area contributed by atoms with Gasteiger partial charge in [0.25, 0.3) is 0 Å². The predicted molar refractivity (Wildman–Crippen MR) is 159 cm³/mol. The minimum atomic E-state index is 0.0560. The highest BCUT2D eigenvalue weighted by atomic mass is 35.5. The molecule has 1 aromatic carbocycles. The fourth-order valence-corrected chi connectivity index (χ4v) is 6.69. The topological polar surface area (TPSA) is 56.3 Å². The van der Waals surface area contributed by atoms with E-state index in [1.807, 2.05) is 6.07 Å². The van der Waals surface area contributed by atoms with E-state index in [1.54, 1.807) is 0 Å². The van der Waals surface area contributed by atoms with E-state index in [1.165, 1.54) is 56.9 Å². The van der Waals surface area contributed by atoms with Crippen LogP contribution >= 0.6 is 23.8 Å². The normalized spacial score (nSPS) is 21.9. The first-order valence-corrected chi connectivity index (χ1v) is 15.0. The molecule has 3 heterocycles. The molecule has 2 aliphatic heterocycles. The molecule has 2 saturated heterocycles. The number of rotatable bonds is 6. The fraction of sp³-hybridized carbons (Fsp3) is 0.621. The lowest BCUT2D eigenvalue weighted by Gasteiger charge is -2.33. The number of hydrogen-bond donors (Lipinski definition) is 2. The van der Waals surface area contributed by atoms with Crippen molar-refractivity contribution in [3.05, 3.63) is 40.9 Å². The highest BCUT2D eigenvalue weighted by Crippen LogP contribution is 2.41. The van der Waals surface area contributed by atoms with Gasteiger partial charge in [-0.05, 0) is 74.4 Å². The van der Waals surface area contributed by atoms with Gasteiger partial charge >= 0.3 is 0 Å². The van der Waals surface area contributed by atoms with Gasteiger partial charge in [0.2, 0.25) is 5.95 Å². The third-order valence-electron chi connectivity index (χ3n) is 8.42. The SMILES string of the molecule is C[C@H]1CCCN(c2cc(N3CCCCCC3)nc(NC(=S)NCC3(c4cccc(Cl)c4)CCCC3)n2)C1. The number of piperidine rings is 1. The van der Waals surface area contributed by atoms with Gasteiger partial charge in [-0.25, -0.2) is 0 Å². The largest absolute Gasteiger partial charge is 0.361 e. The van der Waals surface area contributed by atoms with Crippen molar-refractivity contribution in [3.63, 3.8) is 0 Å². The first-order valence-electron chi connectivity index (χ1n) is 14.2. The molecule has 0 radical (unpaired) electrons. The number of thiocarbonyl (C=S) groups is 1. The molecule has 200 valence electrons. The van der Waals surface area contributed by atoms with Gasteiger partial charge in [-0.15, -0.1) is 0 Å². The van der Waals surface area contributed by atoms with Crippen LogP contribution < -0.4 is 20.4 Å². The van der Waals surface area contributed by atoms with Crippen LogP contribution in [0.3, 0.4) is 0 Å². The molecule has 5 rings (SSSR count). The highest BCUT2D eigenvalue weighted by Gasteiger charge is 2.36. The molecule has 37 heavy (non-hydrogen) atoms. The van der Waals surface area contributed by atoms with Crippen molar-refractivity contribution in [3.8, 4) is 0 Å². The fourth-order valence-electron chi connectivity index (χ4n) is 6.33. The lowest BCUT2D eigenvalue weighted by molar-refractivity contribution is 0.435. The van der Waals surface area contributed by atoms with E-state index in [-0.39, 0.29) is 5.41 Å². The summed E-state index contributed by atoms with van der Waals surface area (Å²) in [6.07, 6.45) is 12.3. The smallest absolute Gasteiger partial charge is 0.232 e. The molecule has 2 aromatic rings. The lowest BCUT2D eigenvalue weighted by atomic mass is 9.79. The molecular formula is C29H41ClN6S. The molecule has 0 unspecified atom stereocenters. The van der Waals surface area contributed by atoms with Gasteiger partial charge in [0, 0.05) is 49.2 Å². The Labute approximate surface area is 232 Å². The Bertz CT molecular complexity index is 1040. The second kappa shape index (κ2) is 12.2. The first-order chi connectivity index (χ1) is 18.0. The second-order valence-corrected chi connectivity index (χ2v) is 12.2.